The molecule has 1 aromatic carbocycles. The number of ether oxygens (including phenoxy) is 1. The normalized spacial score (nSPS) is 18.1. The van der Waals surface area contributed by atoms with E-state index in [1.807, 2.05) is 23.1 Å². The van der Waals surface area contributed by atoms with Gasteiger partial charge in [0.25, 0.3) is 5.91 Å². The molecule has 2 fully saturated rings. The largest absolute Gasteiger partial charge is 0.484 e. The molecule has 2 aliphatic heterocycles. The molecule has 2 heterocycles. The van der Waals surface area contributed by atoms with Crippen LogP contribution in [0, 0.1) is 5.92 Å². The molecule has 1 aromatic rings. The van der Waals surface area contributed by atoms with Crippen molar-refractivity contribution in [3.05, 3.63) is 30.3 Å². The Hall–Kier alpha value is -2.57. The third kappa shape index (κ3) is 6.48. The second kappa shape index (κ2) is 10.8. The lowest BCUT2D eigenvalue weighted by Crippen LogP contribution is -2.47. The number of piperidine rings is 1. The lowest BCUT2D eigenvalue weighted by Gasteiger charge is -2.34. The Balaban J connectivity index is 1.35. The fourth-order valence-corrected chi connectivity index (χ4v) is 3.93. The third-order valence-electron chi connectivity index (χ3n) is 5.66. The number of nitrogens with zero attached hydrogens (tertiary/aromatic N) is 2. The Kier molecular flexibility index (Phi) is 7.90. The van der Waals surface area contributed by atoms with E-state index < -0.39 is 0 Å². The van der Waals surface area contributed by atoms with E-state index in [0.29, 0.717) is 31.7 Å². The van der Waals surface area contributed by atoms with Crippen LogP contribution in [-0.4, -0.2) is 66.9 Å². The standard InChI is InChI=1S/C22H31N3O4/c26-20(17-29-19-8-4-3-5-9-19)23-16-21(27)24-14-10-18(11-15-24)22(28)25-12-6-1-2-7-13-25/h3-5,8-9,18H,1-2,6-7,10-17H2,(H,23,26). The number of rotatable bonds is 6. The predicted molar refractivity (Wildman–Crippen MR) is 109 cm³/mol. The number of carbonyl (C=O) groups is 3. The molecule has 158 valence electrons. The number of para-hydroxylation sites is 1. The molecule has 0 spiro atoms. The maximum Gasteiger partial charge on any atom is 0.258 e. The van der Waals surface area contributed by atoms with Gasteiger partial charge in [-0.25, -0.2) is 0 Å². The van der Waals surface area contributed by atoms with Gasteiger partial charge in [-0.15, -0.1) is 0 Å². The molecular weight excluding hydrogens is 370 g/mol. The maximum absolute atomic E-state index is 12.7. The van der Waals surface area contributed by atoms with Crippen molar-refractivity contribution >= 4 is 17.7 Å². The van der Waals surface area contributed by atoms with Crippen molar-refractivity contribution in [2.75, 3.05) is 39.3 Å². The second-order valence-electron chi connectivity index (χ2n) is 7.77. The van der Waals surface area contributed by atoms with Gasteiger partial charge in [-0.3, -0.25) is 14.4 Å². The molecule has 7 nitrogen and oxygen atoms in total. The van der Waals surface area contributed by atoms with Gasteiger partial charge in [0.15, 0.2) is 6.61 Å². The molecule has 7 heteroatoms. The first kappa shape index (κ1) is 21.1. The van der Waals surface area contributed by atoms with Crippen molar-refractivity contribution in [2.45, 2.75) is 38.5 Å². The quantitative estimate of drug-likeness (QED) is 0.789. The molecule has 3 rings (SSSR count). The summed E-state index contributed by atoms with van der Waals surface area (Å²) in [4.78, 5) is 40.8. The van der Waals surface area contributed by atoms with E-state index in [-0.39, 0.29) is 36.8 Å². The van der Waals surface area contributed by atoms with Crippen molar-refractivity contribution < 1.29 is 19.1 Å². The van der Waals surface area contributed by atoms with Crippen LogP contribution in [0.3, 0.4) is 0 Å². The van der Waals surface area contributed by atoms with Crippen molar-refractivity contribution in [1.82, 2.24) is 15.1 Å². The van der Waals surface area contributed by atoms with Crippen molar-refractivity contribution in [1.29, 1.82) is 0 Å². The number of likely N-dealkylation sites (tertiary alicyclic amines) is 2. The lowest BCUT2D eigenvalue weighted by molar-refractivity contribution is -0.140. The lowest BCUT2D eigenvalue weighted by atomic mass is 9.95. The van der Waals surface area contributed by atoms with E-state index in [9.17, 15) is 14.4 Å². The Labute approximate surface area is 172 Å². The zero-order chi connectivity index (χ0) is 20.5. The van der Waals surface area contributed by atoms with Crippen LogP contribution >= 0.6 is 0 Å². The molecule has 2 aliphatic rings. The average molecular weight is 402 g/mol. The highest BCUT2D eigenvalue weighted by Gasteiger charge is 2.30. The third-order valence-corrected chi connectivity index (χ3v) is 5.66. The van der Waals surface area contributed by atoms with Crippen LogP contribution in [0.15, 0.2) is 30.3 Å². The van der Waals surface area contributed by atoms with Crippen molar-refractivity contribution in [3.8, 4) is 5.75 Å². The zero-order valence-electron chi connectivity index (χ0n) is 17.0. The van der Waals surface area contributed by atoms with Gasteiger partial charge in [0.05, 0.1) is 6.54 Å². The first-order valence-electron chi connectivity index (χ1n) is 10.6. The number of hydrogen-bond donors (Lipinski definition) is 1. The number of carbonyl (C=O) groups excluding carboxylic acids is 3. The minimum absolute atomic E-state index is 0.0195. The summed E-state index contributed by atoms with van der Waals surface area (Å²) in [5.41, 5.74) is 0. The molecule has 29 heavy (non-hydrogen) atoms. The molecule has 3 amide bonds. The summed E-state index contributed by atoms with van der Waals surface area (Å²) < 4.78 is 5.37. The van der Waals surface area contributed by atoms with Crippen LogP contribution in [0.25, 0.3) is 0 Å². The van der Waals surface area contributed by atoms with Gasteiger partial charge >= 0.3 is 0 Å². The molecule has 0 bridgehead atoms. The van der Waals surface area contributed by atoms with Gasteiger partial charge in [0.2, 0.25) is 11.8 Å². The van der Waals surface area contributed by atoms with Gasteiger partial charge in [0.1, 0.15) is 5.75 Å². The van der Waals surface area contributed by atoms with E-state index in [0.717, 1.165) is 25.9 Å². The summed E-state index contributed by atoms with van der Waals surface area (Å²) in [5.74, 6) is 0.452. The number of nitrogens with one attached hydrogen (secondary N) is 1. The number of hydrogen-bond acceptors (Lipinski definition) is 4. The molecule has 2 saturated heterocycles. The summed E-state index contributed by atoms with van der Waals surface area (Å²) in [6.07, 6.45) is 6.00. The molecule has 0 saturated carbocycles. The van der Waals surface area contributed by atoms with Crippen LogP contribution in [0.1, 0.15) is 38.5 Å². The smallest absolute Gasteiger partial charge is 0.258 e. The molecule has 0 aliphatic carbocycles. The van der Waals surface area contributed by atoms with Crippen molar-refractivity contribution in [2.24, 2.45) is 5.92 Å². The monoisotopic (exact) mass is 401 g/mol. The van der Waals surface area contributed by atoms with Gasteiger partial charge < -0.3 is 19.9 Å². The molecule has 0 radical (unpaired) electrons. The van der Waals surface area contributed by atoms with E-state index in [1.165, 1.54) is 12.8 Å². The van der Waals surface area contributed by atoms with Gasteiger partial charge in [-0.1, -0.05) is 31.0 Å². The fourth-order valence-electron chi connectivity index (χ4n) is 3.93. The van der Waals surface area contributed by atoms with Crippen molar-refractivity contribution in [3.63, 3.8) is 0 Å². The highest BCUT2D eigenvalue weighted by Crippen LogP contribution is 2.21. The minimum atomic E-state index is -0.326. The van der Waals surface area contributed by atoms with E-state index in [4.69, 9.17) is 4.74 Å². The van der Waals surface area contributed by atoms with Crippen LogP contribution in [-0.2, 0) is 14.4 Å². The summed E-state index contributed by atoms with van der Waals surface area (Å²) in [6.45, 7) is 2.72. The number of benzene rings is 1. The topological polar surface area (TPSA) is 79.0 Å². The average Bonchev–Trinajstić information content (AvgIpc) is 3.06. The molecular formula is C22H31N3O4. The SMILES string of the molecule is O=C(COc1ccccc1)NCC(=O)N1CCC(C(=O)N2CCCCCC2)CC1. The summed E-state index contributed by atoms with van der Waals surface area (Å²) in [6, 6.07) is 9.08. The Morgan fingerprint density at radius 2 is 1.55 bits per heavy atom. The molecule has 0 unspecified atom stereocenters. The van der Waals surface area contributed by atoms with E-state index in [1.54, 1.807) is 17.0 Å². The van der Waals surface area contributed by atoms with Gasteiger partial charge in [-0.2, -0.15) is 0 Å². The Morgan fingerprint density at radius 3 is 2.21 bits per heavy atom. The highest BCUT2D eigenvalue weighted by atomic mass is 16.5. The Morgan fingerprint density at radius 1 is 0.897 bits per heavy atom. The van der Waals surface area contributed by atoms with Crippen LogP contribution < -0.4 is 10.1 Å². The first-order valence-corrected chi connectivity index (χ1v) is 10.6. The van der Waals surface area contributed by atoms with Crippen LogP contribution in [0.5, 0.6) is 5.75 Å². The summed E-state index contributed by atoms with van der Waals surface area (Å²) in [7, 11) is 0. The summed E-state index contributed by atoms with van der Waals surface area (Å²) >= 11 is 0. The summed E-state index contributed by atoms with van der Waals surface area (Å²) in [5, 5.41) is 2.61. The predicted octanol–water partition coefficient (Wildman–Crippen LogP) is 1.82. The first-order chi connectivity index (χ1) is 14.1. The maximum atomic E-state index is 12.7. The van der Waals surface area contributed by atoms with E-state index in [2.05, 4.69) is 5.32 Å². The van der Waals surface area contributed by atoms with Crippen LogP contribution in [0.4, 0.5) is 0 Å². The second-order valence-corrected chi connectivity index (χ2v) is 7.77. The molecule has 1 N–H and O–H groups in total. The minimum Gasteiger partial charge on any atom is -0.484 e. The molecule has 0 atom stereocenters. The zero-order valence-corrected chi connectivity index (χ0v) is 17.0. The van der Waals surface area contributed by atoms with E-state index >= 15 is 0 Å². The fraction of sp³-hybridized carbons (Fsp3) is 0.591. The molecule has 0 aromatic heterocycles. The van der Waals surface area contributed by atoms with Gasteiger partial charge in [0, 0.05) is 32.1 Å². The number of amides is 3. The Bertz CT molecular complexity index is 679. The van der Waals surface area contributed by atoms with Gasteiger partial charge in [-0.05, 0) is 37.8 Å². The highest BCUT2D eigenvalue weighted by molar-refractivity contribution is 5.85. The van der Waals surface area contributed by atoms with Crippen LogP contribution in [0.2, 0.25) is 0 Å².